The second-order valence-electron chi connectivity index (χ2n) is 7.29. The summed E-state index contributed by atoms with van der Waals surface area (Å²) >= 11 is 1.44. The zero-order valence-electron chi connectivity index (χ0n) is 16.7. The number of hydrogen-bond acceptors (Lipinski definition) is 6. The van der Waals surface area contributed by atoms with Gasteiger partial charge in [-0.15, -0.1) is 11.3 Å². The summed E-state index contributed by atoms with van der Waals surface area (Å²) in [7, 11) is 0. The maximum atomic E-state index is 12.8. The lowest BCUT2D eigenvalue weighted by atomic mass is 10.0. The highest BCUT2D eigenvalue weighted by molar-refractivity contribution is 7.14. The Labute approximate surface area is 174 Å². The van der Waals surface area contributed by atoms with Crippen molar-refractivity contribution < 1.29 is 23.8 Å². The predicted molar refractivity (Wildman–Crippen MR) is 110 cm³/mol. The van der Waals surface area contributed by atoms with Gasteiger partial charge in [-0.2, -0.15) is 0 Å². The SMILES string of the molecule is CCc1sc(C(=O)OCC(=O)N2CCCC2c2ccc3c(c2)OCCO3)cc1C. The van der Waals surface area contributed by atoms with Crippen LogP contribution in [0, 0.1) is 6.92 Å². The molecule has 0 bridgehead atoms. The van der Waals surface area contributed by atoms with Crippen molar-refractivity contribution in [2.45, 2.75) is 39.2 Å². The summed E-state index contributed by atoms with van der Waals surface area (Å²) in [5, 5.41) is 0. The Kier molecular flexibility index (Phi) is 5.76. The van der Waals surface area contributed by atoms with Crippen molar-refractivity contribution in [1.29, 1.82) is 0 Å². The van der Waals surface area contributed by atoms with E-state index < -0.39 is 5.97 Å². The molecule has 1 atom stereocenters. The summed E-state index contributed by atoms with van der Waals surface area (Å²) in [6, 6.07) is 7.64. The van der Waals surface area contributed by atoms with Gasteiger partial charge in [0.15, 0.2) is 18.1 Å². The second-order valence-corrected chi connectivity index (χ2v) is 8.43. The van der Waals surface area contributed by atoms with Crippen molar-refractivity contribution >= 4 is 23.2 Å². The molecule has 6 nitrogen and oxygen atoms in total. The van der Waals surface area contributed by atoms with Crippen LogP contribution in [0.25, 0.3) is 0 Å². The molecule has 4 rings (SSSR count). The molecule has 2 aliphatic heterocycles. The smallest absolute Gasteiger partial charge is 0.348 e. The number of carbonyl (C=O) groups is 2. The quantitative estimate of drug-likeness (QED) is 0.693. The number of amides is 1. The number of likely N-dealkylation sites (tertiary alicyclic amines) is 1. The van der Waals surface area contributed by atoms with Crippen LogP contribution < -0.4 is 9.47 Å². The number of thiophene rings is 1. The highest BCUT2D eigenvalue weighted by Gasteiger charge is 2.31. The summed E-state index contributed by atoms with van der Waals surface area (Å²) in [6.07, 6.45) is 2.68. The normalized spacial score (nSPS) is 18.0. The lowest BCUT2D eigenvalue weighted by Crippen LogP contribution is -2.34. The molecule has 0 radical (unpaired) electrons. The Morgan fingerprint density at radius 2 is 2.00 bits per heavy atom. The molecule has 0 N–H and O–H groups in total. The number of aryl methyl sites for hydroxylation is 2. The average molecular weight is 416 g/mol. The van der Waals surface area contributed by atoms with Gasteiger partial charge in [-0.3, -0.25) is 4.79 Å². The van der Waals surface area contributed by atoms with Gasteiger partial charge < -0.3 is 19.1 Å². The molecule has 1 aromatic carbocycles. The molecule has 2 aliphatic rings. The van der Waals surface area contributed by atoms with Gasteiger partial charge in [-0.1, -0.05) is 13.0 Å². The molecule has 1 saturated heterocycles. The van der Waals surface area contributed by atoms with E-state index in [1.54, 1.807) is 4.90 Å². The van der Waals surface area contributed by atoms with Crippen molar-refractivity contribution in [1.82, 2.24) is 4.90 Å². The summed E-state index contributed by atoms with van der Waals surface area (Å²) in [5.74, 6) is 0.864. The standard InChI is InChI=1S/C22H25NO5S/c1-3-19-14(2)11-20(29-19)22(25)28-13-21(24)23-8-4-5-16(23)15-6-7-17-18(12-15)27-10-9-26-17/h6-7,11-12,16H,3-5,8-10,13H2,1-2H3. The van der Waals surface area contributed by atoms with Crippen molar-refractivity contribution in [2.24, 2.45) is 0 Å². The minimum Gasteiger partial charge on any atom is -0.486 e. The van der Waals surface area contributed by atoms with E-state index in [0.717, 1.165) is 41.9 Å². The number of rotatable bonds is 5. The monoisotopic (exact) mass is 415 g/mol. The lowest BCUT2D eigenvalue weighted by molar-refractivity contribution is -0.135. The minimum absolute atomic E-state index is 0.0345. The summed E-state index contributed by atoms with van der Waals surface area (Å²) in [5.41, 5.74) is 2.11. The first-order chi connectivity index (χ1) is 14.1. The topological polar surface area (TPSA) is 65.1 Å². The van der Waals surface area contributed by atoms with Crippen molar-refractivity contribution in [3.8, 4) is 11.5 Å². The highest BCUT2D eigenvalue weighted by Crippen LogP contribution is 2.38. The molecule has 1 fully saturated rings. The molecule has 1 unspecified atom stereocenters. The molecule has 3 heterocycles. The zero-order chi connectivity index (χ0) is 20.4. The van der Waals surface area contributed by atoms with Crippen LogP contribution in [-0.2, 0) is 16.0 Å². The minimum atomic E-state index is -0.429. The van der Waals surface area contributed by atoms with Crippen LogP contribution in [-0.4, -0.2) is 43.1 Å². The van der Waals surface area contributed by atoms with E-state index in [2.05, 4.69) is 6.92 Å². The third-order valence-electron chi connectivity index (χ3n) is 5.39. The Balaban J connectivity index is 1.40. The molecule has 2 aromatic rings. The number of nitrogens with zero attached hydrogens (tertiary/aromatic N) is 1. The Morgan fingerprint density at radius 1 is 1.21 bits per heavy atom. The molecular weight excluding hydrogens is 390 g/mol. The summed E-state index contributed by atoms with van der Waals surface area (Å²) in [6.45, 7) is 5.55. The number of hydrogen-bond donors (Lipinski definition) is 0. The van der Waals surface area contributed by atoms with Gasteiger partial charge in [0.05, 0.1) is 6.04 Å². The van der Waals surface area contributed by atoms with Crippen molar-refractivity contribution in [2.75, 3.05) is 26.4 Å². The number of benzene rings is 1. The third-order valence-corrected chi connectivity index (χ3v) is 6.76. The van der Waals surface area contributed by atoms with Gasteiger partial charge >= 0.3 is 5.97 Å². The van der Waals surface area contributed by atoms with E-state index in [0.29, 0.717) is 24.6 Å². The van der Waals surface area contributed by atoms with Gasteiger partial charge in [-0.25, -0.2) is 4.79 Å². The fourth-order valence-corrected chi connectivity index (χ4v) is 4.94. The molecule has 0 spiro atoms. The number of fused-ring (bicyclic) bond motifs is 1. The average Bonchev–Trinajstić information content (AvgIpc) is 3.38. The van der Waals surface area contributed by atoms with E-state index in [9.17, 15) is 9.59 Å². The van der Waals surface area contributed by atoms with Gasteiger partial charge in [0.25, 0.3) is 5.91 Å². The molecule has 0 aliphatic carbocycles. The Bertz CT molecular complexity index is 922. The summed E-state index contributed by atoms with van der Waals surface area (Å²) in [4.78, 5) is 28.6. The first kappa shape index (κ1) is 19.8. The van der Waals surface area contributed by atoms with Crippen LogP contribution in [0.5, 0.6) is 11.5 Å². The van der Waals surface area contributed by atoms with Crippen LogP contribution in [0.3, 0.4) is 0 Å². The van der Waals surface area contributed by atoms with E-state index in [-0.39, 0.29) is 18.6 Å². The first-order valence-corrected chi connectivity index (χ1v) is 10.8. The fourth-order valence-electron chi connectivity index (χ4n) is 3.93. The third kappa shape index (κ3) is 4.10. The van der Waals surface area contributed by atoms with E-state index in [1.807, 2.05) is 31.2 Å². The molecular formula is C22H25NO5S. The molecule has 7 heteroatoms. The van der Waals surface area contributed by atoms with Crippen LogP contribution in [0.4, 0.5) is 0 Å². The molecule has 154 valence electrons. The van der Waals surface area contributed by atoms with Crippen LogP contribution >= 0.6 is 11.3 Å². The van der Waals surface area contributed by atoms with E-state index >= 15 is 0 Å². The second kappa shape index (κ2) is 8.45. The van der Waals surface area contributed by atoms with Gasteiger partial charge in [0.2, 0.25) is 0 Å². The first-order valence-electron chi connectivity index (χ1n) is 10.0. The molecule has 29 heavy (non-hydrogen) atoms. The predicted octanol–water partition coefficient (Wildman–Crippen LogP) is 3.91. The lowest BCUT2D eigenvalue weighted by Gasteiger charge is -2.26. The van der Waals surface area contributed by atoms with Crippen LogP contribution in [0.1, 0.15) is 51.5 Å². The van der Waals surface area contributed by atoms with Gasteiger partial charge in [-0.05, 0) is 55.5 Å². The van der Waals surface area contributed by atoms with Crippen molar-refractivity contribution in [3.63, 3.8) is 0 Å². The summed E-state index contributed by atoms with van der Waals surface area (Å²) < 4.78 is 16.6. The number of esters is 1. The Morgan fingerprint density at radius 3 is 2.76 bits per heavy atom. The van der Waals surface area contributed by atoms with Gasteiger partial charge in [0, 0.05) is 11.4 Å². The molecule has 1 aromatic heterocycles. The Hall–Kier alpha value is -2.54. The van der Waals surface area contributed by atoms with Crippen LogP contribution in [0.2, 0.25) is 0 Å². The van der Waals surface area contributed by atoms with E-state index in [4.69, 9.17) is 14.2 Å². The van der Waals surface area contributed by atoms with Gasteiger partial charge in [0.1, 0.15) is 18.1 Å². The fraction of sp³-hybridized carbons (Fsp3) is 0.455. The largest absolute Gasteiger partial charge is 0.486 e. The molecule has 0 saturated carbocycles. The van der Waals surface area contributed by atoms with Crippen LogP contribution in [0.15, 0.2) is 24.3 Å². The maximum absolute atomic E-state index is 12.8. The highest BCUT2D eigenvalue weighted by atomic mass is 32.1. The molecule has 1 amide bonds. The number of ether oxygens (including phenoxy) is 3. The van der Waals surface area contributed by atoms with Crippen molar-refractivity contribution in [3.05, 3.63) is 45.1 Å². The zero-order valence-corrected chi connectivity index (χ0v) is 17.5. The number of carbonyl (C=O) groups excluding carboxylic acids is 2. The van der Waals surface area contributed by atoms with E-state index in [1.165, 1.54) is 16.2 Å². The maximum Gasteiger partial charge on any atom is 0.348 e.